The second-order valence-corrected chi connectivity index (χ2v) is 20.1. The summed E-state index contributed by atoms with van der Waals surface area (Å²) < 4.78 is 21.6. The van der Waals surface area contributed by atoms with Gasteiger partial charge in [0, 0.05) is 48.9 Å². The van der Waals surface area contributed by atoms with Crippen LogP contribution < -0.4 is 112 Å². The summed E-state index contributed by atoms with van der Waals surface area (Å²) in [4.78, 5) is 122. The molecule has 0 aliphatic heterocycles. The molecule has 4 rings (SSSR count). The number of aliphatic carboxylic acids is 1. The summed E-state index contributed by atoms with van der Waals surface area (Å²) in [6.07, 6.45) is 0.930. The molecular formula is C57H79N21O14. The van der Waals surface area contributed by atoms with Gasteiger partial charge in [0.25, 0.3) is 23.6 Å². The van der Waals surface area contributed by atoms with Crippen LogP contribution in [0.4, 0.5) is 22.7 Å². The van der Waals surface area contributed by atoms with Crippen LogP contribution in [-0.4, -0.2) is 160 Å². The van der Waals surface area contributed by atoms with E-state index in [1.807, 2.05) is 0 Å². The average molecular weight is 1280 g/mol. The highest BCUT2D eigenvalue weighted by Gasteiger charge is 2.29. The molecule has 35 nitrogen and oxygen atoms in total. The highest BCUT2D eigenvalue weighted by atomic mass is 16.5. The Kier molecular flexibility index (Phi) is 29.0. The number of nitrogens with one attached hydrogen (secondary N) is 15. The SMILES string of the molecule is COc1ccc(NC(=O)C(CCCNC(=N)N)NC(=O)c2cc(NC(=O)C(CCCNC(=N)N)NC(=O)c3cc(NC(=O)C(CCCNC(=N)N)NC(=O)c4cc(NC(=O)C(N)CCCNC(=N)N)ccc4OC)ccc3OC)ccc2OCC(=O)O)cc1C(N)=O. The zero-order valence-electron chi connectivity index (χ0n) is 50.6. The van der Waals surface area contributed by atoms with Gasteiger partial charge in [-0.15, -0.1) is 0 Å². The molecule has 0 aliphatic carbocycles. The molecule has 0 spiro atoms. The molecule has 4 atom stereocenters. The van der Waals surface area contributed by atoms with Crippen LogP contribution in [-0.2, 0) is 24.0 Å². The number of anilines is 4. The van der Waals surface area contributed by atoms with Gasteiger partial charge in [0.05, 0.1) is 49.6 Å². The van der Waals surface area contributed by atoms with Crippen LogP contribution >= 0.6 is 0 Å². The number of rotatable bonds is 37. The van der Waals surface area contributed by atoms with Gasteiger partial charge in [0.15, 0.2) is 30.4 Å². The van der Waals surface area contributed by atoms with Crippen molar-refractivity contribution in [3.8, 4) is 23.0 Å². The maximum atomic E-state index is 14.4. The molecule has 8 amide bonds. The number of carbonyl (C=O) groups is 9. The summed E-state index contributed by atoms with van der Waals surface area (Å²) in [5, 5.41) is 68.5. The molecule has 0 aliphatic rings. The lowest BCUT2D eigenvalue weighted by atomic mass is 10.1. The number of primary amides is 1. The molecule has 0 aromatic heterocycles. The fraction of sp³-hybridized carbons (Fsp3) is 0.351. The van der Waals surface area contributed by atoms with Crippen molar-refractivity contribution in [2.45, 2.75) is 75.5 Å². The summed E-state index contributed by atoms with van der Waals surface area (Å²) in [5.41, 5.74) is 32.8. The Morgan fingerprint density at radius 1 is 0.424 bits per heavy atom. The average Bonchev–Trinajstić information content (AvgIpc) is 1.01. The van der Waals surface area contributed by atoms with Crippen LogP contribution in [0.5, 0.6) is 23.0 Å². The summed E-state index contributed by atoms with van der Waals surface area (Å²) in [6.45, 7) is -0.316. The first-order chi connectivity index (χ1) is 43.7. The van der Waals surface area contributed by atoms with Crippen molar-refractivity contribution in [2.75, 3.05) is 75.4 Å². The largest absolute Gasteiger partial charge is 0.496 e. The number of methoxy groups -OCH3 is 3. The highest BCUT2D eigenvalue weighted by Crippen LogP contribution is 2.28. The minimum absolute atomic E-state index is 0.0165. The molecule has 496 valence electrons. The minimum atomic E-state index is -1.41. The Labute approximate surface area is 527 Å². The molecule has 0 saturated heterocycles. The normalized spacial score (nSPS) is 11.8. The Hall–Kier alpha value is -11.7. The number of carboxylic acid groups (broad SMARTS) is 1. The second-order valence-electron chi connectivity index (χ2n) is 20.1. The third-order valence-corrected chi connectivity index (χ3v) is 13.2. The smallest absolute Gasteiger partial charge is 0.341 e. The van der Waals surface area contributed by atoms with E-state index in [1.165, 1.54) is 88.1 Å². The number of carboxylic acids is 1. The van der Waals surface area contributed by atoms with Crippen molar-refractivity contribution in [1.29, 1.82) is 21.6 Å². The van der Waals surface area contributed by atoms with E-state index in [-0.39, 0.29) is 156 Å². The molecular weight excluding hydrogens is 1200 g/mol. The van der Waals surface area contributed by atoms with Crippen molar-refractivity contribution in [2.24, 2.45) is 34.4 Å². The van der Waals surface area contributed by atoms with E-state index < -0.39 is 84.0 Å². The fourth-order valence-corrected chi connectivity index (χ4v) is 8.66. The van der Waals surface area contributed by atoms with E-state index in [1.54, 1.807) is 0 Å². The molecule has 4 aromatic rings. The summed E-state index contributed by atoms with van der Waals surface area (Å²) in [6, 6.07) is 10.9. The topological polar surface area (TPSA) is 595 Å². The number of ether oxygens (including phenoxy) is 4. The number of hydrogen-bond donors (Lipinski definition) is 22. The number of nitrogens with two attached hydrogens (primary N) is 6. The van der Waals surface area contributed by atoms with Gasteiger partial charge in [-0.25, -0.2) is 4.79 Å². The van der Waals surface area contributed by atoms with Gasteiger partial charge >= 0.3 is 5.97 Å². The van der Waals surface area contributed by atoms with Gasteiger partial charge in [-0.3, -0.25) is 60.0 Å². The lowest BCUT2D eigenvalue weighted by Gasteiger charge is -2.22. The minimum Gasteiger partial charge on any atom is -0.496 e. The zero-order valence-corrected chi connectivity index (χ0v) is 50.6. The molecule has 92 heavy (non-hydrogen) atoms. The maximum Gasteiger partial charge on any atom is 0.341 e. The van der Waals surface area contributed by atoms with Crippen molar-refractivity contribution >= 4 is 99.8 Å². The molecule has 4 aromatic carbocycles. The summed E-state index contributed by atoms with van der Waals surface area (Å²) in [7, 11) is 3.89. The number of amides is 8. The number of guanidine groups is 4. The second kappa shape index (κ2) is 36.6. The Bertz CT molecular complexity index is 3370. The van der Waals surface area contributed by atoms with E-state index in [2.05, 4.69) is 58.5 Å². The van der Waals surface area contributed by atoms with Gasteiger partial charge in [0.1, 0.15) is 41.1 Å². The third kappa shape index (κ3) is 24.1. The first-order valence-corrected chi connectivity index (χ1v) is 28.3. The Morgan fingerprint density at radius 2 is 0.707 bits per heavy atom. The van der Waals surface area contributed by atoms with Gasteiger partial charge in [-0.1, -0.05) is 0 Å². The fourth-order valence-electron chi connectivity index (χ4n) is 8.66. The van der Waals surface area contributed by atoms with Crippen molar-refractivity contribution in [3.05, 3.63) is 95.1 Å². The number of benzene rings is 4. The highest BCUT2D eigenvalue weighted by molar-refractivity contribution is 6.08. The van der Waals surface area contributed by atoms with Crippen LogP contribution in [0.15, 0.2) is 72.8 Å². The molecule has 0 bridgehead atoms. The van der Waals surface area contributed by atoms with Gasteiger partial charge < -0.3 is 117 Å². The predicted octanol–water partition coefficient (Wildman–Crippen LogP) is -1.20. The van der Waals surface area contributed by atoms with E-state index >= 15 is 0 Å². The molecule has 0 heterocycles. The lowest BCUT2D eigenvalue weighted by molar-refractivity contribution is -0.139. The van der Waals surface area contributed by atoms with Crippen LogP contribution in [0.3, 0.4) is 0 Å². The maximum absolute atomic E-state index is 14.4. The van der Waals surface area contributed by atoms with Gasteiger partial charge in [-0.05, 0) is 124 Å². The molecule has 0 saturated carbocycles. The van der Waals surface area contributed by atoms with Crippen molar-refractivity contribution in [1.82, 2.24) is 37.2 Å². The quantitative estimate of drug-likeness (QED) is 0.0143. The van der Waals surface area contributed by atoms with Gasteiger partial charge in [0.2, 0.25) is 23.6 Å². The van der Waals surface area contributed by atoms with E-state index in [0.29, 0.717) is 13.0 Å². The number of hydrogen-bond acceptors (Lipinski definition) is 18. The molecule has 28 N–H and O–H groups in total. The van der Waals surface area contributed by atoms with Crippen LogP contribution in [0.25, 0.3) is 0 Å². The van der Waals surface area contributed by atoms with E-state index in [0.717, 1.165) is 6.07 Å². The molecule has 0 radical (unpaired) electrons. The third-order valence-electron chi connectivity index (χ3n) is 13.2. The Balaban J connectivity index is 1.63. The standard InChI is InChI=1S/C57H79N21O14/c1-89-41-16-12-29(24-33(41)46(59)81)73-51(86)40(11-7-23-71-57(66)67)78-49(84)36-27-32(15-19-44(36)92-28-45(79)80)75-53(88)39(10-6-22-70-56(64)65)77-48(83)35-26-31(14-18-43(35)91-3)74-52(87)38(9-5-21-69-55(62)63)76-47(82)34-25-30(13-17-42(34)90-2)72-50(85)37(58)8-4-20-68-54(60)61/h12-19,24-27,37-40H,4-11,20-23,28,58H2,1-3H3,(H2,59,81)(H,72,85)(H,73,86)(H,74,87)(H,75,88)(H,76,82)(H,77,83)(H,78,84)(H,79,80)(H4,60,61,68)(H4,62,63,69)(H4,64,65,70)(H4,66,67,71). The van der Waals surface area contributed by atoms with Crippen LogP contribution in [0.1, 0.15) is 92.8 Å². The molecule has 35 heteroatoms. The van der Waals surface area contributed by atoms with E-state index in [9.17, 15) is 48.3 Å². The summed E-state index contributed by atoms with van der Waals surface area (Å²) in [5.74, 6) is -9.36. The predicted molar refractivity (Wildman–Crippen MR) is 340 cm³/mol. The molecule has 0 fully saturated rings. The zero-order chi connectivity index (χ0) is 68.0. The number of carbonyl (C=O) groups excluding carboxylic acids is 8. The van der Waals surface area contributed by atoms with Crippen LogP contribution in [0.2, 0.25) is 0 Å². The summed E-state index contributed by atoms with van der Waals surface area (Å²) >= 11 is 0. The van der Waals surface area contributed by atoms with Crippen molar-refractivity contribution in [3.63, 3.8) is 0 Å². The monoisotopic (exact) mass is 1280 g/mol. The molecule has 4 unspecified atom stereocenters. The first-order valence-electron chi connectivity index (χ1n) is 28.3. The Morgan fingerprint density at radius 3 is 1.01 bits per heavy atom. The van der Waals surface area contributed by atoms with E-state index in [4.69, 9.17) is 75.0 Å². The van der Waals surface area contributed by atoms with Gasteiger partial charge in [-0.2, -0.15) is 0 Å². The van der Waals surface area contributed by atoms with Crippen LogP contribution in [0, 0.1) is 21.6 Å². The first kappa shape index (κ1) is 72.8. The lowest BCUT2D eigenvalue weighted by Crippen LogP contribution is -2.45. The van der Waals surface area contributed by atoms with Crippen molar-refractivity contribution < 1.29 is 67.2 Å².